The summed E-state index contributed by atoms with van der Waals surface area (Å²) >= 11 is 6.36. The molecule has 174 valence electrons. The molecule has 1 aromatic carbocycles. The maximum Gasteiger partial charge on any atom is 0.304 e. The molecule has 0 bridgehead atoms. The Labute approximate surface area is 197 Å². The van der Waals surface area contributed by atoms with Crippen LogP contribution in [0.2, 0.25) is 5.02 Å². The van der Waals surface area contributed by atoms with E-state index in [0.29, 0.717) is 35.6 Å². The third kappa shape index (κ3) is 5.46. The summed E-state index contributed by atoms with van der Waals surface area (Å²) in [6, 6.07) is 5.44. The van der Waals surface area contributed by atoms with Gasteiger partial charge < -0.3 is 24.7 Å². The number of halogens is 1. The maximum absolute atomic E-state index is 10.6. The lowest BCUT2D eigenvalue weighted by atomic mass is 9.90. The molecule has 1 unspecified atom stereocenters. The van der Waals surface area contributed by atoms with E-state index in [1.165, 1.54) is 5.56 Å². The van der Waals surface area contributed by atoms with Crippen LogP contribution in [0.25, 0.3) is 17.5 Å². The van der Waals surface area contributed by atoms with Gasteiger partial charge in [0.15, 0.2) is 5.82 Å². The summed E-state index contributed by atoms with van der Waals surface area (Å²) in [5.41, 5.74) is 4.10. The molecular formula is C24H27ClN4O4. The van der Waals surface area contributed by atoms with Crippen molar-refractivity contribution in [3.05, 3.63) is 58.1 Å². The second kappa shape index (κ2) is 10.2. The Balaban J connectivity index is 1.47. The number of H-pyrrole nitrogens is 1. The zero-order valence-electron chi connectivity index (χ0n) is 18.6. The summed E-state index contributed by atoms with van der Waals surface area (Å²) in [5, 5.41) is 16.6. The predicted octanol–water partition coefficient (Wildman–Crippen LogP) is 4.66. The predicted molar refractivity (Wildman–Crippen MR) is 126 cm³/mol. The molecule has 0 radical (unpaired) electrons. The standard InChI is InChI=1S/C24H27ClN4O4/c1-14(2)32-20-7-6-15(12-19(20)25)24-28-23(29-33-24)18-5-3-4-17-16(13-27-22(17)18)8-10-26-11-9-21(30)31/h3-4,6-7,12-14,18,26-27H,5,8-11H2,1-2H3,(H,30,31). The summed E-state index contributed by atoms with van der Waals surface area (Å²) in [6.07, 6.45) is 7.94. The molecule has 2 heterocycles. The van der Waals surface area contributed by atoms with E-state index in [1.54, 1.807) is 6.07 Å². The van der Waals surface area contributed by atoms with E-state index < -0.39 is 5.97 Å². The van der Waals surface area contributed by atoms with E-state index in [4.69, 9.17) is 26.0 Å². The van der Waals surface area contributed by atoms with Crippen molar-refractivity contribution in [1.82, 2.24) is 20.4 Å². The fourth-order valence-electron chi connectivity index (χ4n) is 3.88. The van der Waals surface area contributed by atoms with Gasteiger partial charge in [-0.25, -0.2) is 0 Å². The fourth-order valence-corrected chi connectivity index (χ4v) is 4.11. The monoisotopic (exact) mass is 470 g/mol. The molecule has 2 aromatic heterocycles. The number of benzene rings is 1. The van der Waals surface area contributed by atoms with Gasteiger partial charge in [0, 0.05) is 24.0 Å². The highest BCUT2D eigenvalue weighted by atomic mass is 35.5. The van der Waals surface area contributed by atoms with Crippen LogP contribution < -0.4 is 10.1 Å². The first-order valence-corrected chi connectivity index (χ1v) is 11.4. The number of hydrogen-bond donors (Lipinski definition) is 3. The van der Waals surface area contributed by atoms with Crippen LogP contribution in [-0.2, 0) is 11.2 Å². The van der Waals surface area contributed by atoms with E-state index in [1.807, 2.05) is 32.2 Å². The van der Waals surface area contributed by atoms with Gasteiger partial charge >= 0.3 is 5.97 Å². The Morgan fingerprint density at radius 3 is 3.00 bits per heavy atom. The lowest BCUT2D eigenvalue weighted by Crippen LogP contribution is -2.20. The molecule has 8 nitrogen and oxygen atoms in total. The van der Waals surface area contributed by atoms with Crippen LogP contribution in [0.5, 0.6) is 5.75 Å². The molecular weight excluding hydrogens is 444 g/mol. The molecule has 1 aliphatic rings. The van der Waals surface area contributed by atoms with Gasteiger partial charge in [-0.3, -0.25) is 4.79 Å². The number of aromatic nitrogens is 3. The van der Waals surface area contributed by atoms with Crippen molar-refractivity contribution < 1.29 is 19.2 Å². The molecule has 4 rings (SSSR count). The van der Waals surface area contributed by atoms with Crippen LogP contribution in [0.4, 0.5) is 0 Å². The van der Waals surface area contributed by atoms with Gasteiger partial charge in [0.2, 0.25) is 0 Å². The second-order valence-electron chi connectivity index (χ2n) is 8.25. The van der Waals surface area contributed by atoms with Gasteiger partial charge in [-0.1, -0.05) is 28.9 Å². The first kappa shape index (κ1) is 23.1. The van der Waals surface area contributed by atoms with Crippen LogP contribution in [0, 0.1) is 0 Å². The smallest absolute Gasteiger partial charge is 0.304 e. The number of nitrogens with zero attached hydrogens (tertiary/aromatic N) is 2. The van der Waals surface area contributed by atoms with Crippen molar-refractivity contribution in [1.29, 1.82) is 0 Å². The lowest BCUT2D eigenvalue weighted by Gasteiger charge is -2.16. The highest BCUT2D eigenvalue weighted by molar-refractivity contribution is 6.32. The van der Waals surface area contributed by atoms with E-state index in [2.05, 4.69) is 32.6 Å². The molecule has 0 amide bonds. The van der Waals surface area contributed by atoms with Crippen LogP contribution in [0.3, 0.4) is 0 Å². The summed E-state index contributed by atoms with van der Waals surface area (Å²) in [6.45, 7) is 5.06. The first-order valence-electron chi connectivity index (χ1n) is 11.0. The van der Waals surface area contributed by atoms with Crippen molar-refractivity contribution in [3.63, 3.8) is 0 Å². The Hall–Kier alpha value is -3.10. The average Bonchev–Trinajstić information content (AvgIpc) is 3.42. The molecule has 0 fully saturated rings. The minimum atomic E-state index is -0.797. The van der Waals surface area contributed by atoms with Gasteiger partial charge in [-0.05, 0) is 62.6 Å². The van der Waals surface area contributed by atoms with Crippen molar-refractivity contribution in [2.75, 3.05) is 13.1 Å². The molecule has 3 N–H and O–H groups in total. The molecule has 33 heavy (non-hydrogen) atoms. The van der Waals surface area contributed by atoms with E-state index in [0.717, 1.165) is 29.7 Å². The van der Waals surface area contributed by atoms with Crippen LogP contribution in [0.15, 0.2) is 35.0 Å². The zero-order chi connectivity index (χ0) is 23.4. The molecule has 9 heteroatoms. The number of hydrogen-bond acceptors (Lipinski definition) is 6. The van der Waals surface area contributed by atoms with E-state index >= 15 is 0 Å². The largest absolute Gasteiger partial charge is 0.489 e. The Kier molecular flexibility index (Phi) is 7.15. The van der Waals surface area contributed by atoms with Gasteiger partial charge in [0.1, 0.15) is 5.75 Å². The normalized spacial score (nSPS) is 15.1. The van der Waals surface area contributed by atoms with Crippen LogP contribution in [-0.4, -0.2) is 45.4 Å². The number of carbonyl (C=O) groups is 1. The van der Waals surface area contributed by atoms with E-state index in [9.17, 15) is 4.79 Å². The van der Waals surface area contributed by atoms with Gasteiger partial charge in [-0.15, -0.1) is 0 Å². The number of carboxylic acids is 1. The molecule has 1 aliphatic carbocycles. The SMILES string of the molecule is CC(C)Oc1ccc(-c2nc(C3CC=Cc4c(CCNCCC(=O)O)c[nH]c43)no2)cc1Cl. The Morgan fingerprint density at radius 2 is 2.24 bits per heavy atom. The minimum absolute atomic E-state index is 0.0307. The van der Waals surface area contributed by atoms with Crippen molar-refractivity contribution in [2.24, 2.45) is 0 Å². The second-order valence-corrected chi connectivity index (χ2v) is 8.65. The minimum Gasteiger partial charge on any atom is -0.489 e. The summed E-state index contributed by atoms with van der Waals surface area (Å²) in [5.74, 6) is 0.813. The van der Waals surface area contributed by atoms with Crippen molar-refractivity contribution in [3.8, 4) is 17.2 Å². The molecule has 0 aliphatic heterocycles. The highest BCUT2D eigenvalue weighted by Crippen LogP contribution is 2.36. The molecule has 0 saturated heterocycles. The third-order valence-corrected chi connectivity index (χ3v) is 5.72. The van der Waals surface area contributed by atoms with Gasteiger partial charge in [0.25, 0.3) is 5.89 Å². The number of ether oxygens (including phenoxy) is 1. The molecule has 0 saturated carbocycles. The number of rotatable bonds is 10. The summed E-state index contributed by atoms with van der Waals surface area (Å²) < 4.78 is 11.2. The average molecular weight is 471 g/mol. The van der Waals surface area contributed by atoms with Crippen LogP contribution in [0.1, 0.15) is 55.3 Å². The highest BCUT2D eigenvalue weighted by Gasteiger charge is 2.27. The fraction of sp³-hybridized carbons (Fsp3) is 0.375. The molecule has 0 spiro atoms. The Bertz CT molecular complexity index is 1150. The topological polar surface area (TPSA) is 113 Å². The number of aliphatic carboxylic acids is 1. The number of fused-ring (bicyclic) bond motifs is 1. The van der Waals surface area contributed by atoms with Crippen molar-refractivity contribution in [2.45, 2.75) is 45.1 Å². The number of aromatic amines is 1. The van der Waals surface area contributed by atoms with E-state index in [-0.39, 0.29) is 18.4 Å². The maximum atomic E-state index is 10.6. The molecule has 3 aromatic rings. The van der Waals surface area contributed by atoms with Crippen molar-refractivity contribution >= 4 is 23.6 Å². The number of carboxylic acid groups (broad SMARTS) is 1. The lowest BCUT2D eigenvalue weighted by molar-refractivity contribution is -0.136. The van der Waals surface area contributed by atoms with Crippen LogP contribution >= 0.6 is 11.6 Å². The quantitative estimate of drug-likeness (QED) is 0.369. The number of nitrogens with one attached hydrogen (secondary N) is 2. The first-order chi connectivity index (χ1) is 15.9. The summed E-state index contributed by atoms with van der Waals surface area (Å²) in [7, 11) is 0. The Morgan fingerprint density at radius 1 is 1.39 bits per heavy atom. The third-order valence-electron chi connectivity index (χ3n) is 5.42. The number of allylic oxidation sites excluding steroid dienone is 1. The summed E-state index contributed by atoms with van der Waals surface area (Å²) in [4.78, 5) is 18.7. The zero-order valence-corrected chi connectivity index (χ0v) is 19.4. The van der Waals surface area contributed by atoms with Gasteiger partial charge in [0.05, 0.1) is 23.5 Å². The molecule has 1 atom stereocenters. The van der Waals surface area contributed by atoms with Gasteiger partial charge in [-0.2, -0.15) is 4.98 Å².